The maximum Gasteiger partial charge on any atom is 0.0992 e. The largest absolute Gasteiger partial charge is 0.398 e. The highest BCUT2D eigenvalue weighted by Crippen LogP contribution is 2.22. The minimum Gasteiger partial charge on any atom is -0.398 e. The summed E-state index contributed by atoms with van der Waals surface area (Å²) in [6, 6.07) is 7.29. The van der Waals surface area contributed by atoms with Gasteiger partial charge < -0.3 is 11.5 Å². The Morgan fingerprint density at radius 3 is 2.71 bits per heavy atom. The first-order chi connectivity index (χ1) is 6.69. The second kappa shape index (κ2) is 4.64. The molecule has 0 saturated carbocycles. The van der Waals surface area contributed by atoms with Crippen molar-refractivity contribution in [2.45, 2.75) is 25.8 Å². The molecule has 0 bridgehead atoms. The summed E-state index contributed by atoms with van der Waals surface area (Å²) in [4.78, 5) is 0. The number of benzene rings is 1. The number of anilines is 1. The number of rotatable bonds is 3. The van der Waals surface area contributed by atoms with E-state index in [9.17, 15) is 0 Å². The molecular weight excluding hydrogens is 174 g/mol. The van der Waals surface area contributed by atoms with Crippen LogP contribution >= 0.6 is 0 Å². The van der Waals surface area contributed by atoms with Gasteiger partial charge in [0.25, 0.3) is 0 Å². The van der Waals surface area contributed by atoms with Gasteiger partial charge in [0.05, 0.1) is 11.6 Å². The van der Waals surface area contributed by atoms with Crippen molar-refractivity contribution in [3.63, 3.8) is 0 Å². The Labute approximate surface area is 84.3 Å². The maximum absolute atomic E-state index is 8.66. The summed E-state index contributed by atoms with van der Waals surface area (Å²) < 4.78 is 0. The van der Waals surface area contributed by atoms with E-state index in [1.54, 1.807) is 12.1 Å². The van der Waals surface area contributed by atoms with E-state index in [1.807, 2.05) is 12.1 Å². The van der Waals surface area contributed by atoms with Crippen molar-refractivity contribution in [3.8, 4) is 6.07 Å². The molecule has 0 unspecified atom stereocenters. The molecule has 0 aliphatic heterocycles. The number of nitrogens with zero attached hydrogens (tertiary/aromatic N) is 1. The van der Waals surface area contributed by atoms with Gasteiger partial charge in [-0.1, -0.05) is 19.4 Å². The van der Waals surface area contributed by atoms with Gasteiger partial charge in [0.2, 0.25) is 0 Å². The summed E-state index contributed by atoms with van der Waals surface area (Å²) in [7, 11) is 0. The predicted molar refractivity (Wildman–Crippen MR) is 57.4 cm³/mol. The number of hydrogen-bond acceptors (Lipinski definition) is 3. The second-order valence-corrected chi connectivity index (χ2v) is 3.35. The molecule has 0 aliphatic carbocycles. The molecule has 1 atom stereocenters. The van der Waals surface area contributed by atoms with Crippen LogP contribution in [-0.4, -0.2) is 0 Å². The van der Waals surface area contributed by atoms with E-state index in [1.165, 1.54) is 0 Å². The Bertz CT molecular complexity index is 352. The zero-order valence-corrected chi connectivity index (χ0v) is 8.33. The van der Waals surface area contributed by atoms with Crippen LogP contribution in [0, 0.1) is 11.3 Å². The summed E-state index contributed by atoms with van der Waals surface area (Å²) in [5.41, 5.74) is 13.9. The number of nitrogen functional groups attached to an aromatic ring is 1. The summed E-state index contributed by atoms with van der Waals surface area (Å²) >= 11 is 0. The topological polar surface area (TPSA) is 75.8 Å². The van der Waals surface area contributed by atoms with Crippen molar-refractivity contribution in [1.82, 2.24) is 0 Å². The third-order valence-corrected chi connectivity index (χ3v) is 2.22. The van der Waals surface area contributed by atoms with E-state index in [4.69, 9.17) is 16.7 Å². The number of nitrogens with two attached hydrogens (primary N) is 2. The van der Waals surface area contributed by atoms with E-state index in [2.05, 4.69) is 6.92 Å². The minimum absolute atomic E-state index is 0.0206. The van der Waals surface area contributed by atoms with Crippen LogP contribution in [0.1, 0.15) is 36.9 Å². The first-order valence-corrected chi connectivity index (χ1v) is 4.74. The summed E-state index contributed by atoms with van der Waals surface area (Å²) in [6.45, 7) is 2.08. The fourth-order valence-corrected chi connectivity index (χ4v) is 1.45. The molecule has 3 nitrogen and oxygen atoms in total. The Morgan fingerprint density at radius 2 is 2.21 bits per heavy atom. The zero-order valence-electron chi connectivity index (χ0n) is 8.33. The molecule has 4 N–H and O–H groups in total. The van der Waals surface area contributed by atoms with Crippen LogP contribution in [0.2, 0.25) is 0 Å². The second-order valence-electron chi connectivity index (χ2n) is 3.35. The maximum atomic E-state index is 8.66. The average molecular weight is 189 g/mol. The van der Waals surface area contributed by atoms with E-state index in [0.717, 1.165) is 18.4 Å². The smallest absolute Gasteiger partial charge is 0.0992 e. The zero-order chi connectivity index (χ0) is 10.6. The lowest BCUT2D eigenvalue weighted by Gasteiger charge is -2.13. The van der Waals surface area contributed by atoms with Gasteiger partial charge in [0, 0.05) is 11.7 Å². The van der Waals surface area contributed by atoms with E-state index < -0.39 is 0 Å². The third-order valence-electron chi connectivity index (χ3n) is 2.22. The van der Waals surface area contributed by atoms with E-state index in [-0.39, 0.29) is 6.04 Å². The van der Waals surface area contributed by atoms with Gasteiger partial charge in [-0.05, 0) is 24.1 Å². The molecule has 74 valence electrons. The van der Waals surface area contributed by atoms with Crippen LogP contribution in [0.25, 0.3) is 0 Å². The Hall–Kier alpha value is -1.53. The normalized spacial score (nSPS) is 12.1. The van der Waals surface area contributed by atoms with Crippen LogP contribution in [0.4, 0.5) is 5.69 Å². The van der Waals surface area contributed by atoms with Crippen molar-refractivity contribution in [1.29, 1.82) is 5.26 Å². The molecule has 0 heterocycles. The van der Waals surface area contributed by atoms with Crippen molar-refractivity contribution in [3.05, 3.63) is 29.3 Å². The minimum atomic E-state index is -0.0206. The summed E-state index contributed by atoms with van der Waals surface area (Å²) in [5, 5.41) is 8.66. The highest BCUT2D eigenvalue weighted by molar-refractivity contribution is 5.53. The SMILES string of the molecule is CCC[C@H](N)c1ccc(C#N)cc1N. The average Bonchev–Trinajstić information content (AvgIpc) is 2.17. The van der Waals surface area contributed by atoms with Gasteiger partial charge >= 0.3 is 0 Å². The molecule has 0 amide bonds. The van der Waals surface area contributed by atoms with Crippen molar-refractivity contribution >= 4 is 5.69 Å². The van der Waals surface area contributed by atoms with Gasteiger partial charge in [-0.15, -0.1) is 0 Å². The van der Waals surface area contributed by atoms with Gasteiger partial charge in [0.15, 0.2) is 0 Å². The van der Waals surface area contributed by atoms with Crippen molar-refractivity contribution in [2.24, 2.45) is 5.73 Å². The van der Waals surface area contributed by atoms with E-state index >= 15 is 0 Å². The van der Waals surface area contributed by atoms with Crippen LogP contribution in [0.3, 0.4) is 0 Å². The van der Waals surface area contributed by atoms with E-state index in [0.29, 0.717) is 11.3 Å². The molecule has 0 aliphatic rings. The molecule has 0 aromatic heterocycles. The van der Waals surface area contributed by atoms with Crippen LogP contribution in [-0.2, 0) is 0 Å². The van der Waals surface area contributed by atoms with Crippen molar-refractivity contribution in [2.75, 3.05) is 5.73 Å². The quantitative estimate of drug-likeness (QED) is 0.713. The van der Waals surface area contributed by atoms with Crippen LogP contribution < -0.4 is 11.5 Å². The lowest BCUT2D eigenvalue weighted by atomic mass is 10.00. The number of nitriles is 1. The molecular formula is C11H15N3. The Morgan fingerprint density at radius 1 is 1.50 bits per heavy atom. The standard InChI is InChI=1S/C11H15N3/c1-2-3-10(13)9-5-4-8(7-12)6-11(9)14/h4-6,10H,2-3,13-14H2,1H3/t10-/m0/s1. The van der Waals surface area contributed by atoms with Gasteiger partial charge in [-0.25, -0.2) is 0 Å². The Kier molecular flexibility index (Phi) is 3.49. The molecule has 3 heteroatoms. The summed E-state index contributed by atoms with van der Waals surface area (Å²) in [6.07, 6.45) is 1.94. The van der Waals surface area contributed by atoms with Crippen molar-refractivity contribution < 1.29 is 0 Å². The molecule has 0 radical (unpaired) electrons. The highest BCUT2D eigenvalue weighted by Gasteiger charge is 2.08. The molecule has 1 aromatic carbocycles. The fraction of sp³-hybridized carbons (Fsp3) is 0.364. The van der Waals surface area contributed by atoms with Gasteiger partial charge in [-0.2, -0.15) is 5.26 Å². The van der Waals surface area contributed by atoms with Gasteiger partial charge in [-0.3, -0.25) is 0 Å². The molecule has 0 spiro atoms. The molecule has 1 aromatic rings. The Balaban J connectivity index is 2.95. The van der Waals surface area contributed by atoms with Gasteiger partial charge in [0.1, 0.15) is 0 Å². The first-order valence-electron chi connectivity index (χ1n) is 4.74. The molecule has 0 saturated heterocycles. The van der Waals surface area contributed by atoms with Crippen LogP contribution in [0.15, 0.2) is 18.2 Å². The predicted octanol–water partition coefficient (Wildman–Crippen LogP) is 1.94. The highest BCUT2D eigenvalue weighted by atomic mass is 14.7. The number of hydrogen-bond donors (Lipinski definition) is 2. The first kappa shape index (κ1) is 10.6. The fourth-order valence-electron chi connectivity index (χ4n) is 1.45. The van der Waals surface area contributed by atoms with Crippen LogP contribution in [0.5, 0.6) is 0 Å². The molecule has 1 rings (SSSR count). The molecule has 14 heavy (non-hydrogen) atoms. The molecule has 0 fully saturated rings. The third kappa shape index (κ3) is 2.24. The summed E-state index contributed by atoms with van der Waals surface area (Å²) in [5.74, 6) is 0. The monoisotopic (exact) mass is 189 g/mol. The lowest BCUT2D eigenvalue weighted by Crippen LogP contribution is -2.12. The lowest BCUT2D eigenvalue weighted by molar-refractivity contribution is 0.640.